The van der Waals surface area contributed by atoms with E-state index in [2.05, 4.69) is 4.98 Å². The fraction of sp³-hybridized carbons (Fsp3) is 0.538. The van der Waals surface area contributed by atoms with Gasteiger partial charge in [0.25, 0.3) is 0 Å². The summed E-state index contributed by atoms with van der Waals surface area (Å²) < 4.78 is 0. The van der Waals surface area contributed by atoms with Gasteiger partial charge in [-0.3, -0.25) is 4.98 Å². The number of aliphatic hydroxyl groups is 2. The molecule has 1 aromatic heterocycles. The molecule has 0 bridgehead atoms. The highest BCUT2D eigenvalue weighted by molar-refractivity contribution is 5.63. The molecule has 0 aliphatic rings. The third kappa shape index (κ3) is 4.84. The van der Waals surface area contributed by atoms with Gasteiger partial charge in [-0.1, -0.05) is 0 Å². The van der Waals surface area contributed by atoms with E-state index in [1.807, 2.05) is 0 Å². The highest BCUT2D eigenvalue weighted by Gasteiger charge is 2.23. The lowest BCUT2D eigenvalue weighted by atomic mass is 10.0. The van der Waals surface area contributed by atoms with Crippen LogP contribution in [0.25, 0.3) is 0 Å². The number of hydrogen-bond acceptors (Lipinski definition) is 5. The fourth-order valence-corrected chi connectivity index (χ4v) is 1.94. The normalized spacial score (nSPS) is 13.8. The maximum absolute atomic E-state index is 11.2. The van der Waals surface area contributed by atoms with Crippen LogP contribution in [0.3, 0.4) is 0 Å². The van der Waals surface area contributed by atoms with Gasteiger partial charge >= 0.3 is 0 Å². The second-order valence-corrected chi connectivity index (χ2v) is 4.40. The molecule has 0 aliphatic carbocycles. The van der Waals surface area contributed by atoms with Crippen LogP contribution in [-0.4, -0.2) is 51.5 Å². The minimum atomic E-state index is -1.34. The van der Waals surface area contributed by atoms with E-state index < -0.39 is 18.2 Å². The Morgan fingerprint density at radius 1 is 1.47 bits per heavy atom. The first kappa shape index (κ1) is 15.4. The van der Waals surface area contributed by atoms with E-state index in [1.54, 1.807) is 31.5 Å². The monoisotopic (exact) mass is 267 g/mol. The SMILES string of the molecule is CC(O)[C@@H](Cc1ccncc1)N(CCCO)C(=O)[O-]. The number of hydrogen-bond donors (Lipinski definition) is 2. The van der Waals surface area contributed by atoms with Crippen LogP contribution in [0.1, 0.15) is 18.9 Å². The average Bonchev–Trinajstić information content (AvgIpc) is 2.38. The van der Waals surface area contributed by atoms with Crippen molar-refractivity contribution < 1.29 is 20.1 Å². The molecule has 0 saturated heterocycles. The van der Waals surface area contributed by atoms with Crippen molar-refractivity contribution in [2.45, 2.75) is 31.9 Å². The molecule has 0 spiro atoms. The number of carbonyl (C=O) groups excluding carboxylic acids is 1. The third-order valence-corrected chi connectivity index (χ3v) is 2.94. The van der Waals surface area contributed by atoms with Gasteiger partial charge in [-0.2, -0.15) is 0 Å². The van der Waals surface area contributed by atoms with Gasteiger partial charge in [0.2, 0.25) is 0 Å². The van der Waals surface area contributed by atoms with Crippen LogP contribution in [-0.2, 0) is 6.42 Å². The van der Waals surface area contributed by atoms with E-state index in [0.29, 0.717) is 12.8 Å². The molecule has 1 amide bonds. The Labute approximate surface area is 112 Å². The molecule has 0 aliphatic heterocycles. The summed E-state index contributed by atoms with van der Waals surface area (Å²) in [5, 5.41) is 29.7. The van der Waals surface area contributed by atoms with Crippen molar-refractivity contribution >= 4 is 6.09 Å². The lowest BCUT2D eigenvalue weighted by Crippen LogP contribution is -2.52. The van der Waals surface area contributed by atoms with Crippen molar-refractivity contribution in [2.24, 2.45) is 0 Å². The van der Waals surface area contributed by atoms with Gasteiger partial charge in [0, 0.05) is 25.5 Å². The number of carboxylic acid groups (broad SMARTS) is 1. The summed E-state index contributed by atoms with van der Waals surface area (Å²) in [6, 6.07) is 2.95. The third-order valence-electron chi connectivity index (χ3n) is 2.94. The number of pyridine rings is 1. The summed E-state index contributed by atoms with van der Waals surface area (Å²) in [5.74, 6) is 0. The minimum absolute atomic E-state index is 0.106. The van der Waals surface area contributed by atoms with Crippen LogP contribution in [0.4, 0.5) is 4.79 Å². The number of aromatic nitrogens is 1. The van der Waals surface area contributed by atoms with Crippen LogP contribution >= 0.6 is 0 Å². The first-order valence-corrected chi connectivity index (χ1v) is 6.21. The van der Waals surface area contributed by atoms with Gasteiger partial charge in [0.05, 0.1) is 12.1 Å². The van der Waals surface area contributed by atoms with Crippen molar-refractivity contribution in [1.29, 1.82) is 0 Å². The van der Waals surface area contributed by atoms with E-state index in [1.165, 1.54) is 0 Å². The van der Waals surface area contributed by atoms with Gasteiger partial charge in [-0.05, 0) is 37.5 Å². The topological polar surface area (TPSA) is 96.7 Å². The Hall–Kier alpha value is -1.66. The van der Waals surface area contributed by atoms with Gasteiger partial charge in [0.1, 0.15) is 6.09 Å². The zero-order chi connectivity index (χ0) is 14.3. The molecule has 1 unspecified atom stereocenters. The standard InChI is InChI=1S/C13H20N2O4/c1-10(17)12(9-11-3-5-14-6-4-11)15(13(18)19)7-2-8-16/h3-6,10,12,16-17H,2,7-9H2,1H3,(H,18,19)/p-1/t10?,12-/m1/s1. The molecule has 0 fully saturated rings. The lowest BCUT2D eigenvalue weighted by Gasteiger charge is -2.35. The molecule has 0 saturated carbocycles. The van der Waals surface area contributed by atoms with Gasteiger partial charge in [0.15, 0.2) is 0 Å². The summed E-state index contributed by atoms with van der Waals surface area (Å²) in [6.07, 6.45) is 1.75. The molecule has 6 heteroatoms. The molecule has 0 aromatic carbocycles. The highest BCUT2D eigenvalue weighted by atomic mass is 16.4. The van der Waals surface area contributed by atoms with Crippen molar-refractivity contribution in [3.63, 3.8) is 0 Å². The molecule has 1 rings (SSSR count). The number of nitrogens with zero attached hydrogens (tertiary/aromatic N) is 2. The Morgan fingerprint density at radius 3 is 2.58 bits per heavy atom. The molecule has 19 heavy (non-hydrogen) atoms. The number of aliphatic hydroxyl groups excluding tert-OH is 2. The molecule has 0 radical (unpaired) electrons. The first-order valence-electron chi connectivity index (χ1n) is 6.21. The molecule has 1 aromatic rings. The van der Waals surface area contributed by atoms with Crippen LogP contribution in [0.2, 0.25) is 0 Å². The van der Waals surface area contributed by atoms with Crippen LogP contribution in [0.5, 0.6) is 0 Å². The van der Waals surface area contributed by atoms with Gasteiger partial charge < -0.3 is 25.0 Å². The van der Waals surface area contributed by atoms with Gasteiger partial charge in [-0.15, -0.1) is 0 Å². The molecule has 6 nitrogen and oxygen atoms in total. The molecule has 106 valence electrons. The maximum atomic E-state index is 11.2. The van der Waals surface area contributed by atoms with E-state index in [-0.39, 0.29) is 13.2 Å². The number of carbonyl (C=O) groups is 1. The second-order valence-electron chi connectivity index (χ2n) is 4.40. The zero-order valence-corrected chi connectivity index (χ0v) is 10.9. The number of amides is 1. The fourth-order valence-electron chi connectivity index (χ4n) is 1.94. The molecular formula is C13H19N2O4-. The number of rotatable bonds is 7. The summed E-state index contributed by atoms with van der Waals surface area (Å²) in [6.45, 7) is 1.58. The Kier molecular flexibility index (Phi) is 6.24. The summed E-state index contributed by atoms with van der Waals surface area (Å²) in [7, 11) is 0. The predicted molar refractivity (Wildman–Crippen MR) is 67.2 cm³/mol. The van der Waals surface area contributed by atoms with E-state index in [9.17, 15) is 15.0 Å². The largest absolute Gasteiger partial charge is 0.530 e. The summed E-state index contributed by atoms with van der Waals surface area (Å²) >= 11 is 0. The molecule has 2 N–H and O–H groups in total. The van der Waals surface area contributed by atoms with E-state index in [0.717, 1.165) is 10.5 Å². The first-order chi connectivity index (χ1) is 9.06. The highest BCUT2D eigenvalue weighted by Crippen LogP contribution is 2.12. The zero-order valence-electron chi connectivity index (χ0n) is 10.9. The predicted octanol–water partition coefficient (Wildman–Crippen LogP) is -0.599. The van der Waals surface area contributed by atoms with Crippen molar-refractivity contribution in [1.82, 2.24) is 9.88 Å². The quantitative estimate of drug-likeness (QED) is 0.687. The Morgan fingerprint density at radius 2 is 2.11 bits per heavy atom. The lowest BCUT2D eigenvalue weighted by molar-refractivity contribution is -0.269. The van der Waals surface area contributed by atoms with Crippen LogP contribution < -0.4 is 5.11 Å². The van der Waals surface area contributed by atoms with Crippen LogP contribution in [0, 0.1) is 0 Å². The molecule has 2 atom stereocenters. The van der Waals surface area contributed by atoms with E-state index >= 15 is 0 Å². The summed E-state index contributed by atoms with van der Waals surface area (Å²) in [4.78, 5) is 16.1. The van der Waals surface area contributed by atoms with Gasteiger partial charge in [-0.25, -0.2) is 0 Å². The van der Waals surface area contributed by atoms with E-state index in [4.69, 9.17) is 5.11 Å². The molecular weight excluding hydrogens is 248 g/mol. The van der Waals surface area contributed by atoms with Crippen molar-refractivity contribution in [3.8, 4) is 0 Å². The molecule has 1 heterocycles. The second kappa shape index (κ2) is 7.70. The summed E-state index contributed by atoms with van der Waals surface area (Å²) in [5.41, 5.74) is 0.885. The maximum Gasteiger partial charge on any atom is 0.137 e. The van der Waals surface area contributed by atoms with Crippen molar-refractivity contribution in [3.05, 3.63) is 30.1 Å². The minimum Gasteiger partial charge on any atom is -0.530 e. The smallest absolute Gasteiger partial charge is 0.137 e. The Balaban J connectivity index is 2.81. The van der Waals surface area contributed by atoms with Crippen LogP contribution in [0.15, 0.2) is 24.5 Å². The average molecular weight is 267 g/mol. The Bertz CT molecular complexity index is 383. The van der Waals surface area contributed by atoms with Crippen molar-refractivity contribution in [2.75, 3.05) is 13.2 Å².